The lowest BCUT2D eigenvalue weighted by Crippen LogP contribution is -2.19. The van der Waals surface area contributed by atoms with Gasteiger partial charge in [0.15, 0.2) is 0 Å². The minimum atomic E-state index is 0.00807. The fourth-order valence-corrected chi connectivity index (χ4v) is 1.86. The molecule has 2 heterocycles. The van der Waals surface area contributed by atoms with E-state index in [1.807, 2.05) is 31.3 Å². The van der Waals surface area contributed by atoms with Gasteiger partial charge in [0, 0.05) is 30.7 Å². The third-order valence-corrected chi connectivity index (χ3v) is 2.88. The van der Waals surface area contributed by atoms with Gasteiger partial charge in [0.1, 0.15) is 0 Å². The molecule has 100 valence electrons. The fourth-order valence-electron chi connectivity index (χ4n) is 1.86. The molecule has 0 aliphatic rings. The predicted octanol–water partition coefficient (Wildman–Crippen LogP) is 2.42. The maximum atomic E-state index is 11.8. The molecule has 0 fully saturated rings. The van der Waals surface area contributed by atoms with Crippen LogP contribution in [0.5, 0.6) is 0 Å². The summed E-state index contributed by atoms with van der Waals surface area (Å²) in [5, 5.41) is 3.32. The molecule has 0 saturated carbocycles. The lowest BCUT2D eigenvalue weighted by atomic mass is 10.2. The first-order valence-electron chi connectivity index (χ1n) is 6.55. The highest BCUT2D eigenvalue weighted by atomic mass is 16.1. The summed E-state index contributed by atoms with van der Waals surface area (Å²) in [5.74, 6) is 0. The normalized spacial score (nSPS) is 10.4. The van der Waals surface area contributed by atoms with Gasteiger partial charge >= 0.3 is 0 Å². The van der Waals surface area contributed by atoms with Crippen molar-refractivity contribution < 1.29 is 0 Å². The maximum Gasteiger partial charge on any atom is 0.251 e. The number of nitrogens with zero attached hydrogens (tertiary/aromatic N) is 2. The molecular formula is C15H19N3O. The third-order valence-electron chi connectivity index (χ3n) is 2.88. The number of anilines is 1. The van der Waals surface area contributed by atoms with Gasteiger partial charge in [0.05, 0.1) is 12.2 Å². The van der Waals surface area contributed by atoms with Gasteiger partial charge in [-0.25, -0.2) is 0 Å². The first kappa shape index (κ1) is 13.3. The first-order valence-corrected chi connectivity index (χ1v) is 6.55. The molecule has 0 saturated heterocycles. The average Bonchev–Trinajstić information content (AvgIpc) is 2.40. The Morgan fingerprint density at radius 3 is 2.89 bits per heavy atom. The minimum absolute atomic E-state index is 0.00807. The van der Waals surface area contributed by atoms with Crippen LogP contribution < -0.4 is 10.9 Å². The highest BCUT2D eigenvalue weighted by molar-refractivity contribution is 5.43. The van der Waals surface area contributed by atoms with Crippen molar-refractivity contribution in [3.8, 4) is 0 Å². The van der Waals surface area contributed by atoms with Gasteiger partial charge in [-0.2, -0.15) is 0 Å². The molecular weight excluding hydrogens is 238 g/mol. The number of rotatable bonds is 5. The smallest absolute Gasteiger partial charge is 0.251 e. The Balaban J connectivity index is 2.16. The van der Waals surface area contributed by atoms with Gasteiger partial charge in [-0.05, 0) is 37.1 Å². The van der Waals surface area contributed by atoms with Crippen molar-refractivity contribution in [3.05, 3.63) is 58.3 Å². The molecule has 4 heteroatoms. The van der Waals surface area contributed by atoms with Crippen LogP contribution >= 0.6 is 0 Å². The lowest BCUT2D eigenvalue weighted by Gasteiger charge is -2.08. The van der Waals surface area contributed by atoms with E-state index < -0.39 is 0 Å². The van der Waals surface area contributed by atoms with Crippen molar-refractivity contribution in [2.75, 3.05) is 11.9 Å². The van der Waals surface area contributed by atoms with Crippen LogP contribution in [0.3, 0.4) is 0 Å². The molecule has 19 heavy (non-hydrogen) atoms. The van der Waals surface area contributed by atoms with E-state index in [4.69, 9.17) is 0 Å². The van der Waals surface area contributed by atoms with E-state index in [1.54, 1.807) is 16.8 Å². The average molecular weight is 257 g/mol. The second kappa shape index (κ2) is 6.18. The lowest BCUT2D eigenvalue weighted by molar-refractivity contribution is 0.737. The summed E-state index contributed by atoms with van der Waals surface area (Å²) in [7, 11) is 0. The van der Waals surface area contributed by atoms with Crippen LogP contribution in [-0.2, 0) is 6.54 Å². The van der Waals surface area contributed by atoms with Crippen LogP contribution in [0.25, 0.3) is 0 Å². The largest absolute Gasteiger partial charge is 0.385 e. The molecule has 0 amide bonds. The van der Waals surface area contributed by atoms with Crippen molar-refractivity contribution in [2.45, 2.75) is 26.8 Å². The topological polar surface area (TPSA) is 46.9 Å². The van der Waals surface area contributed by atoms with Crippen molar-refractivity contribution in [1.29, 1.82) is 0 Å². The zero-order valence-corrected chi connectivity index (χ0v) is 11.4. The van der Waals surface area contributed by atoms with Crippen LogP contribution in [0, 0.1) is 6.92 Å². The van der Waals surface area contributed by atoms with Crippen molar-refractivity contribution in [1.82, 2.24) is 9.55 Å². The summed E-state index contributed by atoms with van der Waals surface area (Å²) in [6, 6.07) is 7.50. The predicted molar refractivity (Wildman–Crippen MR) is 77.6 cm³/mol. The zero-order chi connectivity index (χ0) is 13.7. The highest BCUT2D eigenvalue weighted by Gasteiger charge is 2.01. The summed E-state index contributed by atoms with van der Waals surface area (Å²) in [5.41, 5.74) is 2.92. The van der Waals surface area contributed by atoms with Crippen molar-refractivity contribution >= 4 is 5.69 Å². The second-order valence-corrected chi connectivity index (χ2v) is 4.63. The Morgan fingerprint density at radius 2 is 2.16 bits per heavy atom. The number of nitrogens with one attached hydrogen (secondary N) is 1. The summed E-state index contributed by atoms with van der Waals surface area (Å²) in [6.45, 7) is 5.48. The van der Waals surface area contributed by atoms with Crippen molar-refractivity contribution in [3.63, 3.8) is 0 Å². The number of hydrogen-bond donors (Lipinski definition) is 1. The Morgan fingerprint density at radius 1 is 1.32 bits per heavy atom. The summed E-state index contributed by atoms with van der Waals surface area (Å²) < 4.78 is 1.67. The molecule has 1 N–H and O–H groups in total. The molecule has 2 aromatic rings. The molecule has 0 aliphatic heterocycles. The number of hydrogen-bond acceptors (Lipinski definition) is 3. The van der Waals surface area contributed by atoms with Gasteiger partial charge in [-0.15, -0.1) is 0 Å². The van der Waals surface area contributed by atoms with Crippen LogP contribution in [-0.4, -0.2) is 16.1 Å². The SMILES string of the molecule is CCCNc1ccnc(Cn2ccc(C)cc2=O)c1. The number of pyridine rings is 2. The van der Waals surface area contributed by atoms with E-state index in [0.29, 0.717) is 6.54 Å². The monoisotopic (exact) mass is 257 g/mol. The van der Waals surface area contributed by atoms with Crippen molar-refractivity contribution in [2.24, 2.45) is 0 Å². The molecule has 0 radical (unpaired) electrons. The molecule has 2 aromatic heterocycles. The molecule has 0 unspecified atom stereocenters. The second-order valence-electron chi connectivity index (χ2n) is 4.63. The molecule has 2 rings (SSSR count). The van der Waals surface area contributed by atoms with E-state index in [-0.39, 0.29) is 5.56 Å². The van der Waals surface area contributed by atoms with E-state index in [2.05, 4.69) is 17.2 Å². The van der Waals surface area contributed by atoms with Crippen LogP contribution in [0.15, 0.2) is 41.5 Å². The van der Waals surface area contributed by atoms with Gasteiger partial charge in [-0.1, -0.05) is 6.92 Å². The van der Waals surface area contributed by atoms with Gasteiger partial charge < -0.3 is 9.88 Å². The molecule has 4 nitrogen and oxygen atoms in total. The van der Waals surface area contributed by atoms with E-state index in [0.717, 1.165) is 29.9 Å². The zero-order valence-electron chi connectivity index (χ0n) is 11.4. The maximum absolute atomic E-state index is 11.8. The standard InChI is InChI=1S/C15H19N3O/c1-3-6-16-13-4-7-17-14(10-13)11-18-8-5-12(2)9-15(18)19/h4-5,7-10H,3,6,11H2,1-2H3,(H,16,17). The molecule has 0 spiro atoms. The Bertz CT molecular complexity index is 604. The van der Waals surface area contributed by atoms with Gasteiger partial charge in [-0.3, -0.25) is 9.78 Å². The summed E-state index contributed by atoms with van der Waals surface area (Å²) in [4.78, 5) is 16.1. The summed E-state index contributed by atoms with van der Waals surface area (Å²) in [6.07, 6.45) is 4.66. The van der Waals surface area contributed by atoms with Crippen LogP contribution in [0.4, 0.5) is 5.69 Å². The van der Waals surface area contributed by atoms with Gasteiger partial charge in [0.25, 0.3) is 5.56 Å². The summed E-state index contributed by atoms with van der Waals surface area (Å²) >= 11 is 0. The molecule has 0 aliphatic carbocycles. The molecule has 0 aromatic carbocycles. The fraction of sp³-hybridized carbons (Fsp3) is 0.333. The highest BCUT2D eigenvalue weighted by Crippen LogP contribution is 2.08. The van der Waals surface area contributed by atoms with Crippen LogP contribution in [0.1, 0.15) is 24.6 Å². The first-order chi connectivity index (χ1) is 9.19. The van der Waals surface area contributed by atoms with E-state index in [9.17, 15) is 4.79 Å². The quantitative estimate of drug-likeness (QED) is 0.894. The van der Waals surface area contributed by atoms with E-state index in [1.165, 1.54) is 0 Å². The van der Waals surface area contributed by atoms with E-state index >= 15 is 0 Å². The van der Waals surface area contributed by atoms with Crippen LogP contribution in [0.2, 0.25) is 0 Å². The van der Waals surface area contributed by atoms with Gasteiger partial charge in [0.2, 0.25) is 0 Å². The Labute approximate surface area is 113 Å². The minimum Gasteiger partial charge on any atom is -0.385 e. The molecule has 0 bridgehead atoms. The number of aromatic nitrogens is 2. The Hall–Kier alpha value is -2.10. The number of aryl methyl sites for hydroxylation is 1. The Kier molecular flexibility index (Phi) is 4.34. The molecule has 0 atom stereocenters. The third kappa shape index (κ3) is 3.68.